The molecule has 2 aromatic carbocycles. The summed E-state index contributed by atoms with van der Waals surface area (Å²) in [6.45, 7) is 0.689. The third-order valence-corrected chi connectivity index (χ3v) is 5.77. The maximum Gasteiger partial charge on any atom is 0.321 e. The number of carbonyl (C=O) groups excluding carboxylic acids is 2. The second-order valence-electron chi connectivity index (χ2n) is 5.96. The van der Waals surface area contributed by atoms with Crippen molar-refractivity contribution in [2.45, 2.75) is 18.4 Å². The van der Waals surface area contributed by atoms with Crippen molar-refractivity contribution in [3.05, 3.63) is 59.4 Å². The molecule has 0 aromatic heterocycles. The Hall–Kier alpha value is -2.78. The highest BCUT2D eigenvalue weighted by Crippen LogP contribution is 2.21. The van der Waals surface area contributed by atoms with Gasteiger partial charge in [0.1, 0.15) is 24.7 Å². The van der Waals surface area contributed by atoms with E-state index in [4.69, 9.17) is 9.47 Å². The molecule has 0 aliphatic carbocycles. The lowest BCUT2D eigenvalue weighted by Crippen LogP contribution is -2.33. The minimum Gasteiger partial charge on any atom is -0.496 e. The smallest absolute Gasteiger partial charge is 0.321 e. The second-order valence-corrected chi connectivity index (χ2v) is 8.00. The number of hydrogen-bond donors (Lipinski definition) is 0. The Kier molecular flexibility index (Phi) is 6.87. The molecule has 0 saturated carbocycles. The van der Waals surface area contributed by atoms with Crippen LogP contribution in [0, 0.1) is 5.82 Å². The first kappa shape index (κ1) is 21.5. The predicted octanol–water partition coefficient (Wildman–Crippen LogP) is 2.40. The van der Waals surface area contributed by atoms with E-state index < -0.39 is 28.4 Å². The number of ketones is 1. The summed E-state index contributed by atoms with van der Waals surface area (Å²) in [5, 5.41) is 0. The summed E-state index contributed by atoms with van der Waals surface area (Å²) in [6, 6.07) is 9.00. The number of halogens is 1. The molecule has 0 heterocycles. The lowest BCUT2D eigenvalue weighted by Gasteiger charge is -2.17. The molecule has 2 aromatic rings. The fourth-order valence-electron chi connectivity index (χ4n) is 2.37. The van der Waals surface area contributed by atoms with Crippen molar-refractivity contribution in [3.8, 4) is 5.75 Å². The summed E-state index contributed by atoms with van der Waals surface area (Å²) in [5.41, 5.74) is 0.912. The van der Waals surface area contributed by atoms with Gasteiger partial charge in [0.25, 0.3) is 0 Å². The van der Waals surface area contributed by atoms with Crippen LogP contribution in [0.25, 0.3) is 0 Å². The molecule has 0 radical (unpaired) electrons. The molecule has 9 heteroatoms. The lowest BCUT2D eigenvalue weighted by atomic mass is 10.1. The minimum atomic E-state index is -3.97. The molecule has 150 valence electrons. The SMILES string of the molecule is COc1ccc(C(C)=O)cc1COC(=O)CN(C)S(=O)(=O)c1ccc(F)cc1. The van der Waals surface area contributed by atoms with Gasteiger partial charge in [-0.05, 0) is 49.4 Å². The number of benzene rings is 2. The molecule has 0 fully saturated rings. The van der Waals surface area contributed by atoms with Crippen LogP contribution < -0.4 is 4.74 Å². The van der Waals surface area contributed by atoms with Gasteiger partial charge in [0, 0.05) is 18.2 Å². The fraction of sp³-hybridized carbons (Fsp3) is 0.263. The van der Waals surface area contributed by atoms with E-state index in [1.54, 1.807) is 18.2 Å². The fourth-order valence-corrected chi connectivity index (χ4v) is 3.48. The zero-order valence-electron chi connectivity index (χ0n) is 15.6. The lowest BCUT2D eigenvalue weighted by molar-refractivity contribution is -0.144. The Bertz CT molecular complexity index is 972. The molecule has 0 bridgehead atoms. The maximum atomic E-state index is 13.0. The van der Waals surface area contributed by atoms with E-state index in [1.807, 2.05) is 0 Å². The zero-order chi connectivity index (χ0) is 20.9. The highest BCUT2D eigenvalue weighted by molar-refractivity contribution is 7.89. The molecule has 2 rings (SSSR count). The Morgan fingerprint density at radius 2 is 1.75 bits per heavy atom. The molecular weight excluding hydrogens is 389 g/mol. The monoisotopic (exact) mass is 409 g/mol. The normalized spacial score (nSPS) is 11.3. The molecule has 0 saturated heterocycles. The van der Waals surface area contributed by atoms with Crippen molar-refractivity contribution in [3.63, 3.8) is 0 Å². The summed E-state index contributed by atoms with van der Waals surface area (Å²) in [4.78, 5) is 23.4. The van der Waals surface area contributed by atoms with E-state index in [9.17, 15) is 22.4 Å². The summed E-state index contributed by atoms with van der Waals surface area (Å²) in [7, 11) is -1.31. The van der Waals surface area contributed by atoms with E-state index in [1.165, 1.54) is 21.1 Å². The number of esters is 1. The molecule has 0 N–H and O–H groups in total. The maximum absolute atomic E-state index is 13.0. The van der Waals surface area contributed by atoms with Crippen LogP contribution in [0.15, 0.2) is 47.4 Å². The standard InChI is InChI=1S/C19H20FNO6S/c1-13(22)14-4-9-18(26-3)15(10-14)12-27-19(23)11-21(2)28(24,25)17-7-5-16(20)6-8-17/h4-10H,11-12H2,1-3H3. The molecule has 0 aliphatic heterocycles. The van der Waals surface area contributed by atoms with Crippen LogP contribution in [0.4, 0.5) is 4.39 Å². The topological polar surface area (TPSA) is 90.0 Å². The Morgan fingerprint density at radius 1 is 1.11 bits per heavy atom. The summed E-state index contributed by atoms with van der Waals surface area (Å²) >= 11 is 0. The van der Waals surface area contributed by atoms with Gasteiger partial charge in [-0.3, -0.25) is 9.59 Å². The number of Topliss-reactive ketones (excluding diaryl/α,β-unsaturated/α-hetero) is 1. The van der Waals surface area contributed by atoms with Gasteiger partial charge < -0.3 is 9.47 Å². The number of sulfonamides is 1. The van der Waals surface area contributed by atoms with Gasteiger partial charge in [-0.25, -0.2) is 12.8 Å². The van der Waals surface area contributed by atoms with Crippen molar-refractivity contribution < 1.29 is 31.9 Å². The molecular formula is C19H20FNO6S. The van der Waals surface area contributed by atoms with Crippen molar-refractivity contribution in [1.82, 2.24) is 4.31 Å². The van der Waals surface area contributed by atoms with E-state index in [0.29, 0.717) is 16.9 Å². The number of rotatable bonds is 8. The second kappa shape index (κ2) is 8.94. The first-order valence-electron chi connectivity index (χ1n) is 8.20. The Balaban J connectivity index is 2.05. The number of hydrogen-bond acceptors (Lipinski definition) is 6. The van der Waals surface area contributed by atoms with Gasteiger partial charge in [-0.2, -0.15) is 4.31 Å². The Labute approximate surface area is 162 Å². The number of ether oxygens (including phenoxy) is 2. The van der Waals surface area contributed by atoms with Gasteiger partial charge in [0.2, 0.25) is 10.0 Å². The quantitative estimate of drug-likeness (QED) is 0.491. The highest BCUT2D eigenvalue weighted by atomic mass is 32.2. The predicted molar refractivity (Wildman–Crippen MR) is 99.0 cm³/mol. The van der Waals surface area contributed by atoms with Crippen molar-refractivity contribution >= 4 is 21.8 Å². The molecule has 0 aliphatic rings. The van der Waals surface area contributed by atoms with Gasteiger partial charge in [-0.1, -0.05) is 0 Å². The molecule has 28 heavy (non-hydrogen) atoms. The van der Waals surface area contributed by atoms with E-state index in [-0.39, 0.29) is 17.3 Å². The van der Waals surface area contributed by atoms with Crippen molar-refractivity contribution in [1.29, 1.82) is 0 Å². The number of carbonyl (C=O) groups is 2. The largest absolute Gasteiger partial charge is 0.496 e. The number of nitrogens with zero attached hydrogens (tertiary/aromatic N) is 1. The van der Waals surface area contributed by atoms with E-state index in [2.05, 4.69) is 0 Å². The number of methoxy groups -OCH3 is 1. The van der Waals surface area contributed by atoms with Crippen molar-refractivity contribution in [2.75, 3.05) is 20.7 Å². The van der Waals surface area contributed by atoms with Gasteiger partial charge >= 0.3 is 5.97 Å². The summed E-state index contributed by atoms with van der Waals surface area (Å²) < 4.78 is 48.9. The average Bonchev–Trinajstić information content (AvgIpc) is 2.66. The Morgan fingerprint density at radius 3 is 2.32 bits per heavy atom. The average molecular weight is 409 g/mol. The summed E-state index contributed by atoms with van der Waals surface area (Å²) in [5.74, 6) is -1.07. The van der Waals surface area contributed by atoms with Crippen LogP contribution in [0.5, 0.6) is 5.75 Å². The third kappa shape index (κ3) is 5.14. The van der Waals surface area contributed by atoms with E-state index in [0.717, 1.165) is 28.6 Å². The first-order valence-corrected chi connectivity index (χ1v) is 9.64. The van der Waals surface area contributed by atoms with Crippen LogP contribution in [-0.4, -0.2) is 45.2 Å². The van der Waals surface area contributed by atoms with Gasteiger partial charge in [-0.15, -0.1) is 0 Å². The van der Waals surface area contributed by atoms with Crippen LogP contribution in [-0.2, 0) is 26.2 Å². The van der Waals surface area contributed by atoms with Crippen LogP contribution in [0.1, 0.15) is 22.8 Å². The van der Waals surface area contributed by atoms with Crippen LogP contribution in [0.2, 0.25) is 0 Å². The molecule has 0 atom stereocenters. The van der Waals surface area contributed by atoms with Crippen molar-refractivity contribution in [2.24, 2.45) is 0 Å². The molecule has 0 unspecified atom stereocenters. The van der Waals surface area contributed by atoms with Gasteiger partial charge in [0.15, 0.2) is 5.78 Å². The minimum absolute atomic E-state index is 0.139. The number of likely N-dealkylation sites (N-methyl/N-ethyl adjacent to an activating group) is 1. The summed E-state index contributed by atoms with van der Waals surface area (Å²) in [6.07, 6.45) is 0. The third-order valence-electron chi connectivity index (χ3n) is 3.95. The molecule has 0 amide bonds. The highest BCUT2D eigenvalue weighted by Gasteiger charge is 2.23. The molecule has 0 spiro atoms. The van der Waals surface area contributed by atoms with Crippen LogP contribution in [0.3, 0.4) is 0 Å². The van der Waals surface area contributed by atoms with Gasteiger partial charge in [0.05, 0.1) is 12.0 Å². The first-order chi connectivity index (χ1) is 13.1. The molecule has 7 nitrogen and oxygen atoms in total. The van der Waals surface area contributed by atoms with E-state index >= 15 is 0 Å². The van der Waals surface area contributed by atoms with Crippen LogP contribution >= 0.6 is 0 Å². The zero-order valence-corrected chi connectivity index (χ0v) is 16.5.